The van der Waals surface area contributed by atoms with Crippen molar-refractivity contribution in [3.05, 3.63) is 58.7 Å². The molecule has 172 valence electrons. The van der Waals surface area contributed by atoms with E-state index in [0.29, 0.717) is 26.4 Å². The van der Waals surface area contributed by atoms with Gasteiger partial charge in [0.1, 0.15) is 24.7 Å². The summed E-state index contributed by atoms with van der Waals surface area (Å²) in [5.41, 5.74) is 2.41. The summed E-state index contributed by atoms with van der Waals surface area (Å²) in [5, 5.41) is 0. The molecular weight excluding hydrogens is 447 g/mol. The molecule has 0 aliphatic rings. The van der Waals surface area contributed by atoms with Gasteiger partial charge in [0.25, 0.3) is 0 Å². The van der Waals surface area contributed by atoms with Crippen LogP contribution in [0.4, 0.5) is 0 Å². The van der Waals surface area contributed by atoms with E-state index in [0.717, 1.165) is 37.2 Å². The molecule has 7 heteroatoms. The largest absolute Gasteiger partial charge is 0.491 e. The lowest BCUT2D eigenvalue weighted by Crippen LogP contribution is -2.09. The van der Waals surface area contributed by atoms with Gasteiger partial charge in [-0.3, -0.25) is 0 Å². The summed E-state index contributed by atoms with van der Waals surface area (Å²) in [6.45, 7) is 10.0. The van der Waals surface area contributed by atoms with Crippen molar-refractivity contribution in [2.24, 2.45) is 0 Å². The summed E-state index contributed by atoms with van der Waals surface area (Å²) < 4.78 is 23.1. The minimum absolute atomic E-state index is 0.332. The molecule has 0 heterocycles. The molecule has 0 unspecified atom stereocenters. The van der Waals surface area contributed by atoms with Crippen molar-refractivity contribution in [2.45, 2.75) is 53.4 Å². The minimum atomic E-state index is -2.63. The van der Waals surface area contributed by atoms with Crippen molar-refractivity contribution in [1.82, 2.24) is 0 Å². The summed E-state index contributed by atoms with van der Waals surface area (Å²) in [6.07, 6.45) is 3.89. The molecule has 4 nitrogen and oxygen atoms in total. The van der Waals surface area contributed by atoms with Crippen LogP contribution in [0.1, 0.15) is 49.9 Å². The topological polar surface area (TPSA) is 36.9 Å². The molecule has 31 heavy (non-hydrogen) atoms. The maximum absolute atomic E-state index is 5.88. The lowest BCUT2D eigenvalue weighted by atomic mass is 10.1. The highest BCUT2D eigenvalue weighted by Gasteiger charge is 2.14. The predicted molar refractivity (Wildman–Crippen MR) is 137 cm³/mol. The van der Waals surface area contributed by atoms with Crippen molar-refractivity contribution < 1.29 is 18.5 Å². The Balaban J connectivity index is 1.72. The Morgan fingerprint density at radius 2 is 1.10 bits per heavy atom. The number of rotatable bonds is 14. The highest BCUT2D eigenvalue weighted by atomic mass is 32.9. The first-order valence-corrected chi connectivity index (χ1v) is 14.8. The average molecular weight is 483 g/mol. The molecule has 0 aromatic heterocycles. The van der Waals surface area contributed by atoms with E-state index in [2.05, 4.69) is 64.2 Å². The Labute approximate surface area is 198 Å². The highest BCUT2D eigenvalue weighted by Crippen LogP contribution is 2.53. The first kappa shape index (κ1) is 26.2. The van der Waals surface area contributed by atoms with E-state index in [-0.39, 0.29) is 0 Å². The molecule has 0 fully saturated rings. The molecule has 0 amide bonds. The summed E-state index contributed by atoms with van der Waals surface area (Å²) in [4.78, 5) is 0. The van der Waals surface area contributed by atoms with Crippen molar-refractivity contribution in [3.63, 3.8) is 0 Å². The monoisotopic (exact) mass is 482 g/mol. The van der Waals surface area contributed by atoms with Gasteiger partial charge < -0.3 is 18.5 Å². The van der Waals surface area contributed by atoms with Gasteiger partial charge in [0, 0.05) is 0 Å². The van der Waals surface area contributed by atoms with Gasteiger partial charge in [-0.05, 0) is 71.9 Å². The number of hydrogen-bond donors (Lipinski definition) is 1. The average Bonchev–Trinajstić information content (AvgIpc) is 2.79. The minimum Gasteiger partial charge on any atom is -0.491 e. The molecule has 0 bridgehead atoms. The smallest absolute Gasteiger partial charge is 0.244 e. The molecule has 0 radical (unpaired) electrons. The van der Waals surface area contributed by atoms with Gasteiger partial charge >= 0.3 is 0 Å². The van der Waals surface area contributed by atoms with Crippen LogP contribution in [0.2, 0.25) is 0 Å². The Bertz CT molecular complexity index is 805. The molecule has 0 N–H and O–H groups in total. The molecule has 0 aliphatic carbocycles. The predicted octanol–water partition coefficient (Wildman–Crippen LogP) is 6.58. The fourth-order valence-corrected chi connectivity index (χ4v) is 4.81. The van der Waals surface area contributed by atoms with E-state index < -0.39 is 5.69 Å². The van der Waals surface area contributed by atoms with Crippen molar-refractivity contribution >= 4 is 29.7 Å². The molecule has 0 aliphatic heterocycles. The number of hydrogen-bond acceptors (Lipinski definition) is 5. The second-order valence-electron chi connectivity index (χ2n) is 7.13. The molecule has 0 saturated heterocycles. The summed E-state index contributed by atoms with van der Waals surface area (Å²) in [6, 6.07) is 12.6. The number of aryl methyl sites for hydroxylation is 4. The second kappa shape index (κ2) is 13.5. The van der Waals surface area contributed by atoms with Gasteiger partial charge in [-0.2, -0.15) is 0 Å². The van der Waals surface area contributed by atoms with E-state index >= 15 is 0 Å². The third kappa shape index (κ3) is 8.78. The van der Waals surface area contributed by atoms with E-state index in [1.165, 1.54) is 22.3 Å². The fraction of sp³-hybridized carbons (Fsp3) is 0.500. The van der Waals surface area contributed by atoms with E-state index in [9.17, 15) is 0 Å². The maximum Gasteiger partial charge on any atom is 0.244 e. The number of benzene rings is 2. The fourth-order valence-electron chi connectivity index (χ4n) is 3.19. The zero-order valence-electron chi connectivity index (χ0n) is 19.1. The Hall–Kier alpha value is -1.04. The van der Waals surface area contributed by atoms with E-state index in [1.54, 1.807) is 0 Å². The number of ether oxygens (including phenoxy) is 2. The van der Waals surface area contributed by atoms with E-state index in [4.69, 9.17) is 30.3 Å². The Kier molecular flexibility index (Phi) is 11.4. The third-order valence-corrected chi connectivity index (χ3v) is 7.36. The van der Waals surface area contributed by atoms with Gasteiger partial charge in [-0.1, -0.05) is 64.2 Å². The van der Waals surface area contributed by atoms with Crippen LogP contribution in [0.3, 0.4) is 0 Å². The SMILES string of the molecule is CCc1ccc(OCCOP(=S)(S)OCCOc2ccc(CC)cc2CC)c(CC)c1. The third-order valence-electron chi connectivity index (χ3n) is 5.02. The zero-order chi connectivity index (χ0) is 22.7. The van der Waals surface area contributed by atoms with Crippen LogP contribution >= 0.6 is 17.9 Å². The van der Waals surface area contributed by atoms with Crippen LogP contribution in [-0.2, 0) is 46.5 Å². The van der Waals surface area contributed by atoms with Crippen LogP contribution in [0.25, 0.3) is 0 Å². The second-order valence-corrected chi connectivity index (χ2v) is 12.4. The van der Waals surface area contributed by atoms with Crippen molar-refractivity contribution in [1.29, 1.82) is 0 Å². The van der Waals surface area contributed by atoms with Gasteiger partial charge in [0.05, 0.1) is 13.2 Å². The van der Waals surface area contributed by atoms with Crippen molar-refractivity contribution in [2.75, 3.05) is 26.4 Å². The first-order chi connectivity index (χ1) is 14.9. The van der Waals surface area contributed by atoms with Gasteiger partial charge in [0.15, 0.2) is 0 Å². The summed E-state index contributed by atoms with van der Waals surface area (Å²) >= 11 is 9.79. The normalized spacial score (nSPS) is 11.5. The van der Waals surface area contributed by atoms with Gasteiger partial charge in [-0.15, -0.1) is 0 Å². The maximum atomic E-state index is 5.88. The number of thiol groups is 1. The summed E-state index contributed by atoms with van der Waals surface area (Å²) in [5.74, 6) is 1.79. The molecule has 0 atom stereocenters. The van der Waals surface area contributed by atoms with E-state index in [1.807, 2.05) is 12.1 Å². The van der Waals surface area contributed by atoms with Crippen LogP contribution in [0.15, 0.2) is 36.4 Å². The van der Waals surface area contributed by atoms with Crippen LogP contribution < -0.4 is 9.47 Å². The lowest BCUT2D eigenvalue weighted by molar-refractivity contribution is 0.182. The molecule has 0 saturated carbocycles. The van der Waals surface area contributed by atoms with Crippen LogP contribution in [0.5, 0.6) is 11.5 Å². The van der Waals surface area contributed by atoms with Gasteiger partial charge in [-0.25, -0.2) is 0 Å². The molecular formula is C24H35O4PS2. The Morgan fingerprint density at radius 1 is 0.677 bits per heavy atom. The molecule has 2 aromatic rings. The van der Waals surface area contributed by atoms with Crippen LogP contribution in [0, 0.1) is 0 Å². The summed E-state index contributed by atoms with van der Waals surface area (Å²) in [7, 11) is 0. The standard InChI is InChI=1S/C24H35O4PS2/c1-5-19-9-11-23(21(7-3)17-19)25-13-15-27-29(30,31)28-16-14-26-24-12-10-20(6-2)18-22(24)8-4/h9-12,17-18H,5-8,13-16H2,1-4H3,(H,30,31). The van der Waals surface area contributed by atoms with Crippen LogP contribution in [-0.4, -0.2) is 26.4 Å². The molecule has 2 rings (SSSR count). The molecule has 2 aromatic carbocycles. The lowest BCUT2D eigenvalue weighted by Gasteiger charge is -2.18. The van der Waals surface area contributed by atoms with Gasteiger partial charge in [0.2, 0.25) is 5.69 Å². The Morgan fingerprint density at radius 3 is 1.45 bits per heavy atom. The quantitative estimate of drug-likeness (QED) is 0.187. The first-order valence-electron chi connectivity index (χ1n) is 11.0. The van der Waals surface area contributed by atoms with Crippen molar-refractivity contribution in [3.8, 4) is 11.5 Å². The molecule has 0 spiro atoms. The highest BCUT2D eigenvalue weighted by molar-refractivity contribution is 8.60. The zero-order valence-corrected chi connectivity index (χ0v) is 21.7.